The summed E-state index contributed by atoms with van der Waals surface area (Å²) in [5, 5.41) is 6.68. The number of ether oxygens (including phenoxy) is 1. The molecule has 2 heterocycles. The molecule has 0 radical (unpaired) electrons. The Labute approximate surface area is 162 Å². The van der Waals surface area contributed by atoms with Gasteiger partial charge in [0.05, 0.1) is 12.6 Å². The zero-order chi connectivity index (χ0) is 16.5. The number of furan rings is 1. The van der Waals surface area contributed by atoms with Crippen molar-refractivity contribution in [1.29, 1.82) is 0 Å². The van der Waals surface area contributed by atoms with E-state index in [4.69, 9.17) is 9.15 Å². The van der Waals surface area contributed by atoms with Crippen LogP contribution in [0.4, 0.5) is 0 Å². The van der Waals surface area contributed by atoms with Crippen LogP contribution in [0.3, 0.4) is 0 Å². The lowest BCUT2D eigenvalue weighted by molar-refractivity contribution is 0.152. The summed E-state index contributed by atoms with van der Waals surface area (Å²) < 4.78 is 11.2. The largest absolute Gasteiger partial charge is 0.465 e. The molecule has 1 aromatic rings. The molecule has 1 aromatic heterocycles. The predicted octanol–water partition coefficient (Wildman–Crippen LogP) is 2.54. The molecule has 0 saturated carbocycles. The molecular formula is C17H31IN4O2. The molecule has 0 aromatic carbocycles. The van der Waals surface area contributed by atoms with E-state index in [0.717, 1.165) is 50.3 Å². The number of likely N-dealkylation sites (tertiary alicyclic amines) is 1. The molecule has 1 aliphatic heterocycles. The molecule has 1 saturated heterocycles. The highest BCUT2D eigenvalue weighted by atomic mass is 127. The van der Waals surface area contributed by atoms with Gasteiger partial charge in [0.15, 0.2) is 5.96 Å². The molecule has 6 nitrogen and oxygen atoms in total. The minimum Gasteiger partial charge on any atom is -0.465 e. The molecule has 24 heavy (non-hydrogen) atoms. The van der Waals surface area contributed by atoms with E-state index in [1.165, 1.54) is 12.8 Å². The molecule has 2 rings (SSSR count). The van der Waals surface area contributed by atoms with Crippen LogP contribution in [0.2, 0.25) is 0 Å². The van der Waals surface area contributed by atoms with Gasteiger partial charge in [-0.3, -0.25) is 9.89 Å². The number of nitrogens with one attached hydrogen (secondary N) is 2. The van der Waals surface area contributed by atoms with Crippen LogP contribution in [0, 0.1) is 6.92 Å². The van der Waals surface area contributed by atoms with Crippen molar-refractivity contribution in [2.24, 2.45) is 4.99 Å². The van der Waals surface area contributed by atoms with Crippen molar-refractivity contribution in [3.05, 3.63) is 23.7 Å². The van der Waals surface area contributed by atoms with Gasteiger partial charge in [-0.2, -0.15) is 0 Å². The Hall–Kier alpha value is -0.800. The van der Waals surface area contributed by atoms with Gasteiger partial charge in [-0.05, 0) is 51.9 Å². The highest BCUT2D eigenvalue weighted by Gasteiger charge is 2.26. The van der Waals surface area contributed by atoms with Crippen molar-refractivity contribution in [3.8, 4) is 0 Å². The topological polar surface area (TPSA) is 62.0 Å². The average Bonchev–Trinajstić information content (AvgIpc) is 3.22. The van der Waals surface area contributed by atoms with Gasteiger partial charge in [-0.1, -0.05) is 0 Å². The Morgan fingerprint density at radius 1 is 1.33 bits per heavy atom. The number of aliphatic imine (C=N–C) groups is 1. The average molecular weight is 450 g/mol. The molecule has 1 unspecified atom stereocenters. The quantitative estimate of drug-likeness (QED) is 0.276. The minimum atomic E-state index is 0. The van der Waals surface area contributed by atoms with E-state index >= 15 is 0 Å². The molecule has 1 aliphatic rings. The van der Waals surface area contributed by atoms with Crippen molar-refractivity contribution >= 4 is 29.9 Å². The third-order valence-electron chi connectivity index (χ3n) is 4.10. The zero-order valence-electron chi connectivity index (χ0n) is 15.0. The Bertz CT molecular complexity index is 487. The maximum Gasteiger partial charge on any atom is 0.191 e. The Morgan fingerprint density at radius 2 is 2.08 bits per heavy atom. The first-order chi connectivity index (χ1) is 11.2. The molecule has 0 bridgehead atoms. The molecular weight excluding hydrogens is 419 g/mol. The lowest BCUT2D eigenvalue weighted by Gasteiger charge is -2.26. The number of aryl methyl sites for hydroxylation is 1. The number of guanidine groups is 1. The fourth-order valence-electron chi connectivity index (χ4n) is 2.90. The number of halogens is 1. The van der Waals surface area contributed by atoms with Crippen molar-refractivity contribution < 1.29 is 9.15 Å². The molecule has 0 aliphatic carbocycles. The minimum absolute atomic E-state index is 0. The van der Waals surface area contributed by atoms with Gasteiger partial charge in [0.25, 0.3) is 0 Å². The Morgan fingerprint density at radius 3 is 2.67 bits per heavy atom. The number of nitrogens with zero attached hydrogens (tertiary/aromatic N) is 2. The lowest BCUT2D eigenvalue weighted by Crippen LogP contribution is -2.43. The summed E-state index contributed by atoms with van der Waals surface area (Å²) in [7, 11) is 1.79. The summed E-state index contributed by atoms with van der Waals surface area (Å²) in [5.74, 6) is 2.79. The van der Waals surface area contributed by atoms with Gasteiger partial charge in [0.1, 0.15) is 11.5 Å². The first kappa shape index (κ1) is 21.2. The SMILES string of the molecule is CCOCCNC(=NC)NCC(c1ccc(C)o1)N1CCCC1.I. The third-order valence-corrected chi connectivity index (χ3v) is 4.10. The molecule has 1 fully saturated rings. The predicted molar refractivity (Wildman–Crippen MR) is 108 cm³/mol. The van der Waals surface area contributed by atoms with E-state index in [0.29, 0.717) is 6.61 Å². The fraction of sp³-hybridized carbons (Fsp3) is 0.706. The zero-order valence-corrected chi connectivity index (χ0v) is 17.3. The summed E-state index contributed by atoms with van der Waals surface area (Å²) in [6, 6.07) is 4.37. The van der Waals surface area contributed by atoms with Crippen LogP contribution in [-0.2, 0) is 4.74 Å². The Balaban J connectivity index is 0.00000288. The maximum absolute atomic E-state index is 5.88. The van der Waals surface area contributed by atoms with Gasteiger partial charge in [-0.25, -0.2) is 0 Å². The van der Waals surface area contributed by atoms with Crippen LogP contribution >= 0.6 is 24.0 Å². The summed E-state index contributed by atoms with van der Waals surface area (Å²) in [6.07, 6.45) is 2.52. The molecule has 2 N–H and O–H groups in total. The van der Waals surface area contributed by atoms with Crippen LogP contribution < -0.4 is 10.6 Å². The van der Waals surface area contributed by atoms with Crippen LogP contribution in [0.25, 0.3) is 0 Å². The standard InChI is InChI=1S/C17H30N4O2.HI/c1-4-22-12-9-19-17(18-3)20-13-15(21-10-5-6-11-21)16-8-7-14(2)23-16;/h7-8,15H,4-6,9-13H2,1-3H3,(H2,18,19,20);1H. The van der Waals surface area contributed by atoms with Gasteiger partial charge in [-0.15, -0.1) is 24.0 Å². The van der Waals surface area contributed by atoms with Gasteiger partial charge >= 0.3 is 0 Å². The van der Waals surface area contributed by atoms with Gasteiger partial charge in [0.2, 0.25) is 0 Å². The van der Waals surface area contributed by atoms with Crippen molar-refractivity contribution in [3.63, 3.8) is 0 Å². The smallest absolute Gasteiger partial charge is 0.191 e. The van der Waals surface area contributed by atoms with E-state index in [9.17, 15) is 0 Å². The number of hydrogen-bond acceptors (Lipinski definition) is 4. The molecule has 7 heteroatoms. The van der Waals surface area contributed by atoms with E-state index < -0.39 is 0 Å². The second-order valence-corrected chi connectivity index (χ2v) is 5.78. The van der Waals surface area contributed by atoms with E-state index in [1.54, 1.807) is 7.05 Å². The van der Waals surface area contributed by atoms with Gasteiger partial charge in [0, 0.05) is 26.7 Å². The van der Waals surface area contributed by atoms with Crippen LogP contribution in [-0.4, -0.2) is 57.3 Å². The van der Waals surface area contributed by atoms with Crippen LogP contribution in [0.1, 0.15) is 37.3 Å². The Kier molecular flexibility index (Phi) is 10.4. The van der Waals surface area contributed by atoms with E-state index in [-0.39, 0.29) is 30.0 Å². The number of rotatable bonds is 8. The van der Waals surface area contributed by atoms with E-state index in [2.05, 4.69) is 26.6 Å². The van der Waals surface area contributed by atoms with Crippen molar-refractivity contribution in [2.45, 2.75) is 32.7 Å². The van der Waals surface area contributed by atoms with Crippen molar-refractivity contribution in [2.75, 3.05) is 46.4 Å². The highest BCUT2D eigenvalue weighted by Crippen LogP contribution is 2.25. The summed E-state index contributed by atoms with van der Waals surface area (Å²) >= 11 is 0. The molecule has 0 amide bonds. The third kappa shape index (κ3) is 6.60. The first-order valence-electron chi connectivity index (χ1n) is 8.57. The van der Waals surface area contributed by atoms with E-state index in [1.807, 2.05) is 19.9 Å². The normalized spacial score (nSPS) is 16.7. The fourth-order valence-corrected chi connectivity index (χ4v) is 2.90. The summed E-state index contributed by atoms with van der Waals surface area (Å²) in [5.41, 5.74) is 0. The molecule has 0 spiro atoms. The monoisotopic (exact) mass is 450 g/mol. The van der Waals surface area contributed by atoms with Crippen LogP contribution in [0.5, 0.6) is 0 Å². The highest BCUT2D eigenvalue weighted by molar-refractivity contribution is 14.0. The summed E-state index contributed by atoms with van der Waals surface area (Å²) in [4.78, 5) is 6.76. The van der Waals surface area contributed by atoms with Crippen molar-refractivity contribution in [1.82, 2.24) is 15.5 Å². The molecule has 138 valence electrons. The lowest BCUT2D eigenvalue weighted by atomic mass is 10.2. The molecule has 1 atom stereocenters. The maximum atomic E-state index is 5.88. The van der Waals surface area contributed by atoms with Crippen LogP contribution in [0.15, 0.2) is 21.5 Å². The summed E-state index contributed by atoms with van der Waals surface area (Å²) in [6.45, 7) is 9.20. The van der Waals surface area contributed by atoms with Gasteiger partial charge < -0.3 is 19.8 Å². The second kappa shape index (κ2) is 11.7. The number of hydrogen-bond donors (Lipinski definition) is 2. The first-order valence-corrected chi connectivity index (χ1v) is 8.57. The second-order valence-electron chi connectivity index (χ2n) is 5.78.